The third-order valence-corrected chi connectivity index (χ3v) is 3.30. The van der Waals surface area contributed by atoms with E-state index in [0.717, 1.165) is 0 Å². The van der Waals surface area contributed by atoms with Gasteiger partial charge in [0.2, 0.25) is 0 Å². The Hall–Kier alpha value is -3.48. The van der Waals surface area contributed by atoms with Gasteiger partial charge < -0.3 is 15.2 Å². The van der Waals surface area contributed by atoms with Crippen LogP contribution in [0.4, 0.5) is 5.69 Å². The van der Waals surface area contributed by atoms with Crippen molar-refractivity contribution < 1.29 is 29.0 Å². The number of hydrogen-bond acceptors (Lipinski definition) is 5. The minimum Gasteiger partial charge on any atom is -0.478 e. The Kier molecular flexibility index (Phi) is 3.38. The Morgan fingerprint density at radius 2 is 1.48 bits per heavy atom. The molecule has 0 radical (unpaired) electrons. The molecule has 1 aliphatic heterocycles. The summed E-state index contributed by atoms with van der Waals surface area (Å²) in [6, 6.07) is 9.65. The number of carbonyl (C=O) groups excluding carboxylic acids is 3. The molecule has 114 valence electrons. The van der Waals surface area contributed by atoms with Gasteiger partial charge in [0.25, 0.3) is 5.91 Å². The highest BCUT2D eigenvalue weighted by molar-refractivity contribution is 6.16. The summed E-state index contributed by atoms with van der Waals surface area (Å²) in [5.41, 5.74) is 0.847. The quantitative estimate of drug-likeness (QED) is 0.662. The number of hydrogen-bond donors (Lipinski definition) is 2. The topological polar surface area (TPSA) is 110 Å². The maximum Gasteiger partial charge on any atom is 0.346 e. The second-order valence-electron chi connectivity index (χ2n) is 4.77. The number of rotatable bonds is 3. The van der Waals surface area contributed by atoms with Gasteiger partial charge in [-0.15, -0.1) is 0 Å². The summed E-state index contributed by atoms with van der Waals surface area (Å²) >= 11 is 0. The van der Waals surface area contributed by atoms with Gasteiger partial charge in [0, 0.05) is 11.3 Å². The van der Waals surface area contributed by atoms with Crippen molar-refractivity contribution in [3.05, 3.63) is 64.7 Å². The molecule has 2 N–H and O–H groups in total. The molecule has 23 heavy (non-hydrogen) atoms. The van der Waals surface area contributed by atoms with Crippen LogP contribution in [0.15, 0.2) is 42.5 Å². The van der Waals surface area contributed by atoms with Gasteiger partial charge in [0.15, 0.2) is 0 Å². The molecule has 1 amide bonds. The van der Waals surface area contributed by atoms with Gasteiger partial charge in [-0.05, 0) is 42.5 Å². The normalized spacial score (nSPS) is 12.5. The Bertz CT molecular complexity index is 853. The molecule has 0 saturated carbocycles. The number of anilines is 1. The van der Waals surface area contributed by atoms with Crippen molar-refractivity contribution in [2.75, 3.05) is 5.32 Å². The predicted molar refractivity (Wildman–Crippen MR) is 77.5 cm³/mol. The number of aromatic carboxylic acids is 1. The number of nitrogens with one attached hydrogen (secondary N) is 1. The van der Waals surface area contributed by atoms with E-state index in [1.807, 2.05) is 0 Å². The molecule has 1 heterocycles. The van der Waals surface area contributed by atoms with E-state index in [4.69, 9.17) is 5.11 Å². The highest BCUT2D eigenvalue weighted by Crippen LogP contribution is 2.22. The Morgan fingerprint density at radius 1 is 0.870 bits per heavy atom. The molecule has 1 aliphatic rings. The van der Waals surface area contributed by atoms with E-state index in [0.29, 0.717) is 5.69 Å². The average molecular weight is 311 g/mol. The maximum atomic E-state index is 12.2. The minimum atomic E-state index is -1.07. The number of carboxylic acids is 1. The number of amides is 1. The van der Waals surface area contributed by atoms with Crippen molar-refractivity contribution in [3.63, 3.8) is 0 Å². The smallest absolute Gasteiger partial charge is 0.346 e. The van der Waals surface area contributed by atoms with E-state index in [9.17, 15) is 19.2 Å². The average Bonchev–Trinajstić information content (AvgIpc) is 2.82. The largest absolute Gasteiger partial charge is 0.478 e. The van der Waals surface area contributed by atoms with E-state index in [2.05, 4.69) is 10.1 Å². The molecule has 7 heteroatoms. The molecular formula is C16H9NO6. The van der Waals surface area contributed by atoms with Crippen LogP contribution in [0.25, 0.3) is 0 Å². The molecule has 0 bridgehead atoms. The lowest BCUT2D eigenvalue weighted by Gasteiger charge is -2.06. The molecular weight excluding hydrogens is 302 g/mol. The molecule has 0 aromatic heterocycles. The van der Waals surface area contributed by atoms with E-state index < -0.39 is 23.8 Å². The van der Waals surface area contributed by atoms with Crippen molar-refractivity contribution >= 4 is 29.5 Å². The van der Waals surface area contributed by atoms with Crippen molar-refractivity contribution in [3.8, 4) is 0 Å². The fourth-order valence-electron chi connectivity index (χ4n) is 2.13. The lowest BCUT2D eigenvalue weighted by Crippen LogP contribution is -2.13. The summed E-state index contributed by atoms with van der Waals surface area (Å²) in [4.78, 5) is 45.7. The first-order valence-corrected chi connectivity index (χ1v) is 6.51. The number of cyclic esters (lactones) is 2. The van der Waals surface area contributed by atoms with Gasteiger partial charge in [0.05, 0.1) is 16.7 Å². The molecule has 2 aromatic rings. The van der Waals surface area contributed by atoms with E-state index in [-0.39, 0.29) is 22.3 Å². The third kappa shape index (κ3) is 2.67. The summed E-state index contributed by atoms with van der Waals surface area (Å²) in [5, 5.41) is 11.4. The summed E-state index contributed by atoms with van der Waals surface area (Å²) in [5.74, 6) is -3.08. The zero-order valence-electron chi connectivity index (χ0n) is 11.5. The standard InChI is InChI=1S/C16H9NO6/c18-13(17-10-4-1-8(2-5-10)14(19)20)9-3-6-11-12(7-9)16(22)23-15(11)21/h1-7H,(H,17,18)(H,19,20). The molecule has 2 aromatic carbocycles. The Morgan fingerprint density at radius 3 is 2.13 bits per heavy atom. The molecule has 0 aliphatic carbocycles. The SMILES string of the molecule is O=C(O)c1ccc(NC(=O)c2ccc3c(c2)C(=O)OC3=O)cc1. The van der Waals surface area contributed by atoms with Gasteiger partial charge in [-0.3, -0.25) is 4.79 Å². The fourth-order valence-corrected chi connectivity index (χ4v) is 2.13. The number of fused-ring (bicyclic) bond motifs is 1. The van der Waals surface area contributed by atoms with Crippen molar-refractivity contribution in [2.24, 2.45) is 0 Å². The maximum absolute atomic E-state index is 12.2. The number of benzene rings is 2. The first kappa shape index (κ1) is 14.5. The van der Waals surface area contributed by atoms with Crippen molar-refractivity contribution in [1.82, 2.24) is 0 Å². The van der Waals surface area contributed by atoms with Gasteiger partial charge in [-0.2, -0.15) is 0 Å². The van der Waals surface area contributed by atoms with Gasteiger partial charge in [0.1, 0.15) is 0 Å². The molecule has 0 saturated heterocycles. The third-order valence-electron chi connectivity index (χ3n) is 3.30. The van der Waals surface area contributed by atoms with E-state index in [1.165, 1.54) is 42.5 Å². The molecule has 0 fully saturated rings. The van der Waals surface area contributed by atoms with Gasteiger partial charge in [-0.25, -0.2) is 14.4 Å². The first-order valence-electron chi connectivity index (χ1n) is 6.51. The monoisotopic (exact) mass is 311 g/mol. The summed E-state index contributed by atoms with van der Waals surface area (Å²) < 4.78 is 4.46. The second kappa shape index (κ2) is 5.38. The van der Waals surface area contributed by atoms with Crippen LogP contribution in [0.2, 0.25) is 0 Å². The molecule has 0 spiro atoms. The van der Waals surface area contributed by atoms with Crippen LogP contribution in [0.1, 0.15) is 41.4 Å². The predicted octanol–water partition coefficient (Wildman–Crippen LogP) is 1.95. The molecule has 0 unspecified atom stereocenters. The zero-order valence-corrected chi connectivity index (χ0v) is 11.5. The van der Waals surface area contributed by atoms with Crippen LogP contribution in [0.5, 0.6) is 0 Å². The summed E-state index contributed by atoms with van der Waals surface area (Å²) in [7, 11) is 0. The van der Waals surface area contributed by atoms with E-state index >= 15 is 0 Å². The van der Waals surface area contributed by atoms with Crippen molar-refractivity contribution in [2.45, 2.75) is 0 Å². The van der Waals surface area contributed by atoms with Crippen LogP contribution >= 0.6 is 0 Å². The number of ether oxygens (including phenoxy) is 1. The number of carbonyl (C=O) groups is 4. The minimum absolute atomic E-state index is 0.0453. The van der Waals surface area contributed by atoms with Crippen LogP contribution in [-0.2, 0) is 4.74 Å². The van der Waals surface area contributed by atoms with Crippen LogP contribution in [0.3, 0.4) is 0 Å². The summed E-state index contributed by atoms with van der Waals surface area (Å²) in [6.45, 7) is 0. The van der Waals surface area contributed by atoms with Gasteiger partial charge >= 0.3 is 17.9 Å². The number of carboxylic acid groups (broad SMARTS) is 1. The van der Waals surface area contributed by atoms with E-state index in [1.54, 1.807) is 0 Å². The first-order chi connectivity index (χ1) is 11.0. The molecule has 0 atom stereocenters. The molecule has 7 nitrogen and oxygen atoms in total. The van der Waals surface area contributed by atoms with Gasteiger partial charge in [-0.1, -0.05) is 0 Å². The van der Waals surface area contributed by atoms with Crippen LogP contribution < -0.4 is 5.32 Å². The second-order valence-corrected chi connectivity index (χ2v) is 4.77. The molecule has 3 rings (SSSR count). The lowest BCUT2D eigenvalue weighted by atomic mass is 10.1. The van der Waals surface area contributed by atoms with Crippen molar-refractivity contribution in [1.29, 1.82) is 0 Å². The Balaban J connectivity index is 1.81. The Labute approximate surface area is 129 Å². The highest BCUT2D eigenvalue weighted by Gasteiger charge is 2.30. The zero-order chi connectivity index (χ0) is 16.6. The van der Waals surface area contributed by atoms with Crippen LogP contribution in [-0.4, -0.2) is 28.9 Å². The fraction of sp³-hybridized carbons (Fsp3) is 0. The van der Waals surface area contributed by atoms with Crippen LogP contribution in [0, 0.1) is 0 Å². The highest BCUT2D eigenvalue weighted by atomic mass is 16.6. The summed E-state index contributed by atoms with van der Waals surface area (Å²) in [6.07, 6.45) is 0. The lowest BCUT2D eigenvalue weighted by molar-refractivity contribution is 0.0443. The number of esters is 2.